The van der Waals surface area contributed by atoms with Gasteiger partial charge in [-0.05, 0) is 25.8 Å². The number of imidazole rings is 1. The lowest BCUT2D eigenvalue weighted by Crippen LogP contribution is -2.39. The van der Waals surface area contributed by atoms with Crippen LogP contribution in [0.4, 0.5) is 0 Å². The first-order chi connectivity index (χ1) is 9.08. The highest BCUT2D eigenvalue weighted by atomic mass is 15.2. The fourth-order valence-electron chi connectivity index (χ4n) is 2.47. The molecule has 0 saturated heterocycles. The Morgan fingerprint density at radius 2 is 1.89 bits per heavy atom. The van der Waals surface area contributed by atoms with Gasteiger partial charge in [0.1, 0.15) is 5.82 Å². The molecule has 1 heterocycles. The van der Waals surface area contributed by atoms with Crippen LogP contribution in [0.25, 0.3) is 0 Å². The molecule has 1 unspecified atom stereocenters. The number of rotatable bonds is 5. The average molecular weight is 258 g/mol. The minimum atomic E-state index is 0.197. The van der Waals surface area contributed by atoms with Crippen LogP contribution < -0.4 is 11.3 Å². The summed E-state index contributed by atoms with van der Waals surface area (Å²) in [5.74, 6) is 6.72. The molecule has 0 amide bonds. The third-order valence-electron chi connectivity index (χ3n) is 3.35. The molecule has 1 atom stereocenters. The van der Waals surface area contributed by atoms with E-state index in [1.807, 2.05) is 24.0 Å². The molecule has 4 heteroatoms. The predicted molar refractivity (Wildman–Crippen MR) is 77.6 cm³/mol. The SMILES string of the molecule is Cc1cc(C)cc(CC(Cc2nccn2C)NN)c1. The van der Waals surface area contributed by atoms with Gasteiger partial charge in [0.2, 0.25) is 0 Å². The number of aromatic nitrogens is 2. The number of aryl methyl sites for hydroxylation is 3. The summed E-state index contributed by atoms with van der Waals surface area (Å²) in [5.41, 5.74) is 6.80. The van der Waals surface area contributed by atoms with Gasteiger partial charge in [-0.25, -0.2) is 4.98 Å². The molecular weight excluding hydrogens is 236 g/mol. The Morgan fingerprint density at radius 3 is 2.42 bits per heavy atom. The van der Waals surface area contributed by atoms with Crippen molar-refractivity contribution in [2.45, 2.75) is 32.7 Å². The van der Waals surface area contributed by atoms with Gasteiger partial charge >= 0.3 is 0 Å². The van der Waals surface area contributed by atoms with Gasteiger partial charge in [0, 0.05) is 31.9 Å². The van der Waals surface area contributed by atoms with E-state index in [2.05, 4.69) is 42.5 Å². The topological polar surface area (TPSA) is 55.9 Å². The van der Waals surface area contributed by atoms with E-state index in [-0.39, 0.29) is 6.04 Å². The summed E-state index contributed by atoms with van der Waals surface area (Å²) in [5, 5.41) is 0. The third-order valence-corrected chi connectivity index (χ3v) is 3.35. The van der Waals surface area contributed by atoms with Crippen molar-refractivity contribution >= 4 is 0 Å². The van der Waals surface area contributed by atoms with E-state index in [0.717, 1.165) is 18.7 Å². The zero-order valence-electron chi connectivity index (χ0n) is 11.9. The number of nitrogens with zero attached hydrogens (tertiary/aromatic N) is 2. The van der Waals surface area contributed by atoms with Gasteiger partial charge in [0.15, 0.2) is 0 Å². The first-order valence-corrected chi connectivity index (χ1v) is 6.58. The quantitative estimate of drug-likeness (QED) is 0.633. The minimum Gasteiger partial charge on any atom is -0.338 e. The lowest BCUT2D eigenvalue weighted by Gasteiger charge is -2.16. The third kappa shape index (κ3) is 3.66. The molecule has 0 saturated carbocycles. The summed E-state index contributed by atoms with van der Waals surface area (Å²) in [6.45, 7) is 4.25. The molecule has 19 heavy (non-hydrogen) atoms. The average Bonchev–Trinajstić information content (AvgIpc) is 2.73. The summed E-state index contributed by atoms with van der Waals surface area (Å²) < 4.78 is 2.03. The second-order valence-corrected chi connectivity index (χ2v) is 5.22. The zero-order chi connectivity index (χ0) is 13.8. The number of hydrogen-bond donors (Lipinski definition) is 2. The van der Waals surface area contributed by atoms with Crippen LogP contribution in [0.1, 0.15) is 22.5 Å². The Hall–Kier alpha value is -1.65. The maximum atomic E-state index is 5.68. The molecule has 1 aromatic heterocycles. The van der Waals surface area contributed by atoms with Crippen molar-refractivity contribution in [3.63, 3.8) is 0 Å². The van der Waals surface area contributed by atoms with Gasteiger partial charge in [-0.2, -0.15) is 0 Å². The van der Waals surface area contributed by atoms with E-state index in [1.54, 1.807) is 0 Å². The standard InChI is InChI=1S/C15H22N4/c1-11-6-12(2)8-13(7-11)9-14(18-16)10-15-17-4-5-19(15)3/h4-8,14,18H,9-10,16H2,1-3H3. The van der Waals surface area contributed by atoms with Crippen molar-refractivity contribution in [3.05, 3.63) is 53.1 Å². The molecule has 0 aliphatic rings. The molecule has 102 valence electrons. The Labute approximate surface area is 114 Å². The lowest BCUT2D eigenvalue weighted by molar-refractivity contribution is 0.504. The molecule has 0 fully saturated rings. The van der Waals surface area contributed by atoms with Crippen molar-refractivity contribution in [1.29, 1.82) is 0 Å². The zero-order valence-corrected chi connectivity index (χ0v) is 11.9. The molecule has 3 N–H and O–H groups in total. The number of hydrogen-bond acceptors (Lipinski definition) is 3. The predicted octanol–water partition coefficient (Wildman–Crippen LogP) is 1.65. The van der Waals surface area contributed by atoms with Crippen LogP contribution in [0, 0.1) is 13.8 Å². The van der Waals surface area contributed by atoms with Gasteiger partial charge in [-0.15, -0.1) is 0 Å². The highest BCUT2D eigenvalue weighted by molar-refractivity contribution is 5.29. The first kappa shape index (κ1) is 13.8. The number of nitrogens with one attached hydrogen (secondary N) is 1. The van der Waals surface area contributed by atoms with Gasteiger partial charge in [-0.3, -0.25) is 11.3 Å². The Balaban J connectivity index is 2.08. The highest BCUT2D eigenvalue weighted by Crippen LogP contribution is 2.12. The van der Waals surface area contributed by atoms with Gasteiger partial charge in [-0.1, -0.05) is 29.3 Å². The van der Waals surface area contributed by atoms with Crippen LogP contribution in [-0.2, 0) is 19.9 Å². The lowest BCUT2D eigenvalue weighted by atomic mass is 9.99. The second kappa shape index (κ2) is 5.99. The molecule has 4 nitrogen and oxygen atoms in total. The van der Waals surface area contributed by atoms with Gasteiger partial charge in [0.05, 0.1) is 0 Å². The number of nitrogens with two attached hydrogens (primary N) is 1. The van der Waals surface area contributed by atoms with E-state index in [9.17, 15) is 0 Å². The molecular formula is C15H22N4. The molecule has 2 rings (SSSR count). The maximum absolute atomic E-state index is 5.68. The molecule has 0 spiro atoms. The molecule has 0 aliphatic carbocycles. The molecule has 1 aromatic carbocycles. The van der Waals surface area contributed by atoms with E-state index < -0.39 is 0 Å². The van der Waals surface area contributed by atoms with Crippen LogP contribution in [0.3, 0.4) is 0 Å². The summed E-state index contributed by atoms with van der Waals surface area (Å²) >= 11 is 0. The number of benzene rings is 1. The fraction of sp³-hybridized carbons (Fsp3) is 0.400. The first-order valence-electron chi connectivity index (χ1n) is 6.58. The van der Waals surface area contributed by atoms with Gasteiger partial charge in [0.25, 0.3) is 0 Å². The Morgan fingerprint density at radius 1 is 1.21 bits per heavy atom. The van der Waals surface area contributed by atoms with E-state index in [4.69, 9.17) is 5.84 Å². The number of hydrazine groups is 1. The molecule has 0 radical (unpaired) electrons. The maximum Gasteiger partial charge on any atom is 0.109 e. The van der Waals surface area contributed by atoms with Crippen molar-refractivity contribution in [2.24, 2.45) is 12.9 Å². The van der Waals surface area contributed by atoms with E-state index in [0.29, 0.717) is 0 Å². The summed E-state index contributed by atoms with van der Waals surface area (Å²) in [6.07, 6.45) is 5.51. The van der Waals surface area contributed by atoms with Crippen LogP contribution >= 0.6 is 0 Å². The molecule has 0 aliphatic heterocycles. The van der Waals surface area contributed by atoms with Crippen molar-refractivity contribution < 1.29 is 0 Å². The van der Waals surface area contributed by atoms with Crippen molar-refractivity contribution in [1.82, 2.24) is 15.0 Å². The molecule has 0 bridgehead atoms. The van der Waals surface area contributed by atoms with E-state index in [1.165, 1.54) is 16.7 Å². The van der Waals surface area contributed by atoms with Crippen LogP contribution in [0.2, 0.25) is 0 Å². The van der Waals surface area contributed by atoms with E-state index >= 15 is 0 Å². The van der Waals surface area contributed by atoms with Crippen LogP contribution in [0.5, 0.6) is 0 Å². The Kier molecular flexibility index (Phi) is 4.35. The van der Waals surface area contributed by atoms with Crippen molar-refractivity contribution in [2.75, 3.05) is 0 Å². The van der Waals surface area contributed by atoms with Crippen LogP contribution in [-0.4, -0.2) is 15.6 Å². The van der Waals surface area contributed by atoms with Crippen molar-refractivity contribution in [3.8, 4) is 0 Å². The summed E-state index contributed by atoms with van der Waals surface area (Å²) in [4.78, 5) is 4.35. The molecule has 2 aromatic rings. The smallest absolute Gasteiger partial charge is 0.109 e. The normalized spacial score (nSPS) is 12.6. The largest absolute Gasteiger partial charge is 0.338 e. The summed E-state index contributed by atoms with van der Waals surface area (Å²) in [6, 6.07) is 6.82. The fourth-order valence-corrected chi connectivity index (χ4v) is 2.47. The highest BCUT2D eigenvalue weighted by Gasteiger charge is 2.12. The minimum absolute atomic E-state index is 0.197. The second-order valence-electron chi connectivity index (χ2n) is 5.22. The van der Waals surface area contributed by atoms with Crippen LogP contribution in [0.15, 0.2) is 30.6 Å². The monoisotopic (exact) mass is 258 g/mol. The van der Waals surface area contributed by atoms with Gasteiger partial charge < -0.3 is 4.57 Å². The Bertz CT molecular complexity index is 525. The summed E-state index contributed by atoms with van der Waals surface area (Å²) in [7, 11) is 2.01.